The van der Waals surface area contributed by atoms with E-state index in [0.29, 0.717) is 17.0 Å². The van der Waals surface area contributed by atoms with Crippen molar-refractivity contribution in [3.8, 4) is 0 Å². The van der Waals surface area contributed by atoms with Crippen LogP contribution in [0.5, 0.6) is 0 Å². The molecule has 2 aliphatic rings. The van der Waals surface area contributed by atoms with E-state index in [-0.39, 0.29) is 5.91 Å². The highest BCUT2D eigenvalue weighted by molar-refractivity contribution is 6.32. The van der Waals surface area contributed by atoms with Crippen LogP contribution in [0.2, 0.25) is 0 Å². The van der Waals surface area contributed by atoms with Crippen molar-refractivity contribution in [2.24, 2.45) is 5.10 Å². The number of carbonyl (C=O) groups excluding carboxylic acids is 1. The Bertz CT molecular complexity index is 861. The van der Waals surface area contributed by atoms with Crippen LogP contribution in [-0.4, -0.2) is 49.7 Å². The molecule has 2 aliphatic heterocycles. The fourth-order valence-electron chi connectivity index (χ4n) is 3.19. The molecule has 4 rings (SSSR count). The molecule has 0 spiro atoms. The van der Waals surface area contributed by atoms with Crippen LogP contribution in [0.3, 0.4) is 0 Å². The van der Waals surface area contributed by atoms with Crippen LogP contribution in [0.1, 0.15) is 12.7 Å². The van der Waals surface area contributed by atoms with Crippen molar-refractivity contribution in [2.45, 2.75) is 6.92 Å². The fourth-order valence-corrected chi connectivity index (χ4v) is 3.19. The van der Waals surface area contributed by atoms with Gasteiger partial charge in [-0.1, -0.05) is 18.2 Å². The van der Waals surface area contributed by atoms with Crippen molar-refractivity contribution < 1.29 is 9.21 Å². The minimum Gasteiger partial charge on any atom is -0.441 e. The summed E-state index contributed by atoms with van der Waals surface area (Å²) in [5.41, 5.74) is 2.02. The summed E-state index contributed by atoms with van der Waals surface area (Å²) in [6, 6.07) is 13.3. The summed E-state index contributed by atoms with van der Waals surface area (Å²) >= 11 is 0. The van der Waals surface area contributed by atoms with Gasteiger partial charge < -0.3 is 14.2 Å². The first-order chi connectivity index (χ1) is 12.6. The number of amides is 1. The van der Waals surface area contributed by atoms with Crippen LogP contribution in [-0.2, 0) is 4.79 Å². The maximum atomic E-state index is 12.8. The first-order valence-electron chi connectivity index (χ1n) is 8.82. The van der Waals surface area contributed by atoms with Crippen molar-refractivity contribution in [3.63, 3.8) is 0 Å². The molecule has 3 heterocycles. The quantitative estimate of drug-likeness (QED) is 0.799. The summed E-state index contributed by atoms with van der Waals surface area (Å²) in [5, 5.41) is 5.83. The molecule has 0 saturated carbocycles. The molecule has 0 aliphatic carbocycles. The molecule has 6 nitrogen and oxygen atoms in total. The topological polar surface area (TPSA) is 52.3 Å². The second-order valence-corrected chi connectivity index (χ2v) is 6.66. The van der Waals surface area contributed by atoms with Crippen LogP contribution in [0, 0.1) is 0 Å². The van der Waals surface area contributed by atoms with E-state index in [2.05, 4.69) is 21.9 Å². The number of benzene rings is 1. The number of likely N-dealkylation sites (N-methyl/N-ethyl adjacent to an activating group) is 1. The highest BCUT2D eigenvalue weighted by atomic mass is 16.4. The molecular formula is C20H22N4O2. The van der Waals surface area contributed by atoms with Gasteiger partial charge >= 0.3 is 0 Å². The third-order valence-electron chi connectivity index (χ3n) is 4.78. The normalized spacial score (nSPS) is 20.2. The Morgan fingerprint density at radius 1 is 1.04 bits per heavy atom. The third kappa shape index (κ3) is 3.15. The van der Waals surface area contributed by atoms with E-state index in [1.165, 1.54) is 5.01 Å². The van der Waals surface area contributed by atoms with Gasteiger partial charge in [-0.15, -0.1) is 0 Å². The zero-order chi connectivity index (χ0) is 18.1. The van der Waals surface area contributed by atoms with E-state index < -0.39 is 0 Å². The van der Waals surface area contributed by atoms with Crippen LogP contribution >= 0.6 is 0 Å². The van der Waals surface area contributed by atoms with Crippen molar-refractivity contribution in [3.05, 3.63) is 53.8 Å². The summed E-state index contributed by atoms with van der Waals surface area (Å²) in [6.45, 7) is 5.78. The SMILES string of the molecule is CC1=NN(c2ccccc2)C(=O)/C1=C/c1ccc(N2CCN(C)CC2)o1. The predicted molar refractivity (Wildman–Crippen MR) is 103 cm³/mol. The number of hydrazone groups is 1. The molecule has 1 fully saturated rings. The molecule has 0 atom stereocenters. The summed E-state index contributed by atoms with van der Waals surface area (Å²) in [6.07, 6.45) is 1.78. The Labute approximate surface area is 153 Å². The highest BCUT2D eigenvalue weighted by Gasteiger charge is 2.29. The number of hydrogen-bond donors (Lipinski definition) is 0. The third-order valence-corrected chi connectivity index (χ3v) is 4.78. The van der Waals surface area contributed by atoms with Gasteiger partial charge in [0.25, 0.3) is 5.91 Å². The number of para-hydroxylation sites is 1. The number of carbonyl (C=O) groups is 1. The van der Waals surface area contributed by atoms with Gasteiger partial charge in [0.05, 0.1) is 17.0 Å². The Hall–Kier alpha value is -2.86. The number of piperazine rings is 1. The largest absolute Gasteiger partial charge is 0.441 e. The van der Waals surface area contributed by atoms with Crippen LogP contribution in [0.15, 0.2) is 57.6 Å². The molecule has 0 unspecified atom stereocenters. The van der Waals surface area contributed by atoms with E-state index >= 15 is 0 Å². The molecular weight excluding hydrogens is 328 g/mol. The fraction of sp³-hybridized carbons (Fsp3) is 0.300. The lowest BCUT2D eigenvalue weighted by molar-refractivity contribution is -0.114. The van der Waals surface area contributed by atoms with Crippen molar-refractivity contribution >= 4 is 29.3 Å². The standard InChI is InChI=1S/C20H22N4O2/c1-15-18(20(25)24(21-15)16-6-4-3-5-7-16)14-17-8-9-19(26-17)23-12-10-22(2)11-13-23/h3-9,14H,10-13H2,1-2H3/b18-14+. The van der Waals surface area contributed by atoms with Crippen LogP contribution < -0.4 is 9.91 Å². The summed E-state index contributed by atoms with van der Waals surface area (Å²) < 4.78 is 5.96. The molecule has 1 aromatic heterocycles. The van der Waals surface area contributed by atoms with Crippen molar-refractivity contribution in [2.75, 3.05) is 43.1 Å². The molecule has 0 N–H and O–H groups in total. The lowest BCUT2D eigenvalue weighted by Crippen LogP contribution is -2.44. The summed E-state index contributed by atoms with van der Waals surface area (Å²) in [4.78, 5) is 17.3. The van der Waals surface area contributed by atoms with Gasteiger partial charge in [0.1, 0.15) is 5.76 Å². The maximum Gasteiger partial charge on any atom is 0.280 e. The summed E-state index contributed by atoms with van der Waals surface area (Å²) in [5.74, 6) is 1.39. The first kappa shape index (κ1) is 16.6. The number of furan rings is 1. The predicted octanol–water partition coefficient (Wildman–Crippen LogP) is 2.84. The number of rotatable bonds is 3. The molecule has 1 aromatic carbocycles. The van der Waals surface area contributed by atoms with Crippen molar-refractivity contribution in [1.29, 1.82) is 0 Å². The van der Waals surface area contributed by atoms with Gasteiger partial charge in [0, 0.05) is 32.2 Å². The molecule has 134 valence electrons. The molecule has 1 saturated heterocycles. The zero-order valence-electron chi connectivity index (χ0n) is 15.1. The van der Waals surface area contributed by atoms with E-state index in [4.69, 9.17) is 4.42 Å². The van der Waals surface area contributed by atoms with E-state index in [1.54, 1.807) is 6.08 Å². The Morgan fingerprint density at radius 3 is 2.50 bits per heavy atom. The van der Waals surface area contributed by atoms with E-state index in [0.717, 1.165) is 37.8 Å². The lowest BCUT2D eigenvalue weighted by Gasteiger charge is -2.32. The van der Waals surface area contributed by atoms with E-state index in [9.17, 15) is 4.79 Å². The molecule has 26 heavy (non-hydrogen) atoms. The van der Waals surface area contributed by atoms with Crippen molar-refractivity contribution in [1.82, 2.24) is 4.90 Å². The monoisotopic (exact) mass is 350 g/mol. The molecule has 0 radical (unpaired) electrons. The van der Waals surface area contributed by atoms with Gasteiger partial charge in [-0.2, -0.15) is 10.1 Å². The van der Waals surface area contributed by atoms with Gasteiger partial charge in [-0.25, -0.2) is 0 Å². The Kier molecular flexibility index (Phi) is 4.34. The molecule has 6 heteroatoms. The van der Waals surface area contributed by atoms with Crippen LogP contribution in [0.4, 0.5) is 11.6 Å². The smallest absolute Gasteiger partial charge is 0.280 e. The zero-order valence-corrected chi connectivity index (χ0v) is 15.1. The maximum absolute atomic E-state index is 12.8. The number of anilines is 2. The van der Waals surface area contributed by atoms with Crippen LogP contribution in [0.25, 0.3) is 6.08 Å². The highest BCUT2D eigenvalue weighted by Crippen LogP contribution is 2.26. The van der Waals surface area contributed by atoms with Gasteiger partial charge in [0.15, 0.2) is 5.88 Å². The minimum atomic E-state index is -0.133. The second kappa shape index (κ2) is 6.80. The Balaban J connectivity index is 1.54. The number of nitrogens with zero attached hydrogens (tertiary/aromatic N) is 4. The molecule has 2 aromatic rings. The second-order valence-electron chi connectivity index (χ2n) is 6.66. The summed E-state index contributed by atoms with van der Waals surface area (Å²) in [7, 11) is 2.13. The average molecular weight is 350 g/mol. The van der Waals surface area contributed by atoms with Gasteiger partial charge in [0.2, 0.25) is 0 Å². The van der Waals surface area contributed by atoms with Gasteiger partial charge in [-0.05, 0) is 38.2 Å². The molecule has 0 bridgehead atoms. The molecule has 1 amide bonds. The first-order valence-corrected chi connectivity index (χ1v) is 8.82. The lowest BCUT2D eigenvalue weighted by atomic mass is 10.1. The van der Waals surface area contributed by atoms with E-state index in [1.807, 2.05) is 49.4 Å². The average Bonchev–Trinajstić information content (AvgIpc) is 3.23. The Morgan fingerprint density at radius 2 is 1.77 bits per heavy atom. The number of hydrogen-bond acceptors (Lipinski definition) is 5. The minimum absolute atomic E-state index is 0.133. The van der Waals surface area contributed by atoms with Gasteiger partial charge in [-0.3, -0.25) is 4.79 Å².